The molecule has 1 aliphatic heterocycles. The fraction of sp³-hybridized carbons (Fsp3) is 0.464. The Labute approximate surface area is 219 Å². The number of hydrogen-bond donors (Lipinski definition) is 3. The Balaban J connectivity index is 1.88. The second-order valence-corrected chi connectivity index (χ2v) is 9.64. The maximum Gasteiger partial charge on any atom is 0.227 e. The Morgan fingerprint density at radius 2 is 1.73 bits per heavy atom. The normalized spacial score (nSPS) is 15.8. The van der Waals surface area contributed by atoms with E-state index in [1.165, 1.54) is 0 Å². The smallest absolute Gasteiger partial charge is 0.227 e. The average Bonchev–Trinajstić information content (AvgIpc) is 2.85. The number of benzene rings is 2. The molecule has 2 atom stereocenters. The first-order chi connectivity index (χ1) is 17.7. The van der Waals surface area contributed by atoms with Crippen molar-refractivity contribution >= 4 is 17.8 Å². The maximum absolute atomic E-state index is 13.9. The van der Waals surface area contributed by atoms with E-state index >= 15 is 0 Å². The van der Waals surface area contributed by atoms with Gasteiger partial charge in [0.1, 0.15) is 11.4 Å². The topological polar surface area (TPSA) is 146 Å². The minimum absolute atomic E-state index is 0.0615. The van der Waals surface area contributed by atoms with Crippen molar-refractivity contribution in [1.82, 2.24) is 4.90 Å². The van der Waals surface area contributed by atoms with E-state index in [0.29, 0.717) is 31.9 Å². The van der Waals surface area contributed by atoms with Crippen LogP contribution in [0.2, 0.25) is 0 Å². The summed E-state index contributed by atoms with van der Waals surface area (Å²) in [4.78, 5) is 32.2. The van der Waals surface area contributed by atoms with Gasteiger partial charge in [-0.25, -0.2) is 0 Å². The fourth-order valence-corrected chi connectivity index (χ4v) is 4.83. The van der Waals surface area contributed by atoms with Crippen LogP contribution in [0.5, 0.6) is 5.75 Å². The number of aliphatic imine (C=N–C) groups is 1. The summed E-state index contributed by atoms with van der Waals surface area (Å²) in [5.74, 6) is -1.86. The highest BCUT2D eigenvalue weighted by Crippen LogP contribution is 2.39. The monoisotopic (exact) mass is 509 g/mol. The highest BCUT2D eigenvalue weighted by Gasteiger charge is 2.50. The number of aryl methyl sites for hydroxylation is 1. The molecule has 1 heterocycles. The van der Waals surface area contributed by atoms with Gasteiger partial charge in [0.25, 0.3) is 0 Å². The van der Waals surface area contributed by atoms with E-state index < -0.39 is 23.3 Å². The van der Waals surface area contributed by atoms with Crippen LogP contribution in [-0.4, -0.2) is 56.0 Å². The van der Waals surface area contributed by atoms with Crippen molar-refractivity contribution in [2.45, 2.75) is 38.7 Å². The van der Waals surface area contributed by atoms with Gasteiger partial charge in [0, 0.05) is 6.61 Å². The molecule has 9 nitrogen and oxygen atoms in total. The van der Waals surface area contributed by atoms with Crippen LogP contribution in [0.25, 0.3) is 0 Å². The number of carbonyl (C=O) groups is 2. The Kier molecular flexibility index (Phi) is 9.52. The minimum Gasteiger partial charge on any atom is -0.497 e. The molecule has 2 aromatic rings. The average molecular weight is 510 g/mol. The summed E-state index contributed by atoms with van der Waals surface area (Å²) < 4.78 is 11.7. The molecule has 1 aliphatic rings. The molecule has 9 heteroatoms. The summed E-state index contributed by atoms with van der Waals surface area (Å²) >= 11 is 0. The van der Waals surface area contributed by atoms with E-state index in [0.717, 1.165) is 29.5 Å². The predicted octanol–water partition coefficient (Wildman–Crippen LogP) is 2.09. The van der Waals surface area contributed by atoms with Gasteiger partial charge in [-0.2, -0.15) is 0 Å². The van der Waals surface area contributed by atoms with E-state index in [4.69, 9.17) is 26.7 Å². The number of unbranched alkanes of at least 4 members (excludes halogenated alkanes) is 1. The molecule has 1 saturated heterocycles. The van der Waals surface area contributed by atoms with Gasteiger partial charge in [0.15, 0.2) is 5.96 Å². The summed E-state index contributed by atoms with van der Waals surface area (Å²) in [6, 6.07) is 15.5. The van der Waals surface area contributed by atoms with Gasteiger partial charge in [-0.3, -0.25) is 14.6 Å². The molecular weight excluding hydrogens is 470 g/mol. The van der Waals surface area contributed by atoms with Crippen LogP contribution in [0.4, 0.5) is 0 Å². The molecule has 0 saturated carbocycles. The molecule has 0 aliphatic carbocycles. The molecule has 2 amide bonds. The zero-order chi connectivity index (χ0) is 27.0. The van der Waals surface area contributed by atoms with Gasteiger partial charge >= 0.3 is 0 Å². The highest BCUT2D eigenvalue weighted by atomic mass is 16.5. The number of carbonyl (C=O) groups excluding carboxylic acids is 2. The Bertz CT molecular complexity index is 1090. The Hall–Kier alpha value is -3.59. The SMILES string of the molecule is CCCCOC1(c2ccccc2C)CN(C(=O)[C@H](Cc2ccc(OC)cc2)C(CN=C(N)N)C(N)=O)C1. The predicted molar refractivity (Wildman–Crippen MR) is 144 cm³/mol. The number of nitrogens with zero attached hydrogens (tertiary/aromatic N) is 2. The lowest BCUT2D eigenvalue weighted by Crippen LogP contribution is -2.64. The van der Waals surface area contributed by atoms with Gasteiger partial charge in [-0.1, -0.05) is 49.7 Å². The first-order valence-corrected chi connectivity index (χ1v) is 12.7. The van der Waals surface area contributed by atoms with Crippen molar-refractivity contribution in [3.63, 3.8) is 0 Å². The molecule has 2 aromatic carbocycles. The van der Waals surface area contributed by atoms with Crippen LogP contribution in [0.1, 0.15) is 36.5 Å². The van der Waals surface area contributed by atoms with Gasteiger partial charge in [0.05, 0.1) is 38.6 Å². The number of rotatable bonds is 13. The van der Waals surface area contributed by atoms with Crippen LogP contribution < -0.4 is 21.9 Å². The first kappa shape index (κ1) is 28.0. The molecule has 0 aromatic heterocycles. The zero-order valence-electron chi connectivity index (χ0n) is 22.0. The summed E-state index contributed by atoms with van der Waals surface area (Å²) in [6.07, 6.45) is 2.26. The van der Waals surface area contributed by atoms with Crippen molar-refractivity contribution in [2.24, 2.45) is 34.0 Å². The van der Waals surface area contributed by atoms with Gasteiger partial charge in [-0.05, 0) is 48.6 Å². The lowest BCUT2D eigenvalue weighted by molar-refractivity contribution is -0.178. The van der Waals surface area contributed by atoms with E-state index in [9.17, 15) is 9.59 Å². The molecule has 200 valence electrons. The molecule has 0 radical (unpaired) electrons. The summed E-state index contributed by atoms with van der Waals surface area (Å²) in [5.41, 5.74) is 19.3. The molecule has 0 bridgehead atoms. The molecule has 1 unspecified atom stereocenters. The number of amides is 2. The number of likely N-dealkylation sites (tertiary alicyclic amines) is 1. The maximum atomic E-state index is 13.9. The standard InChI is InChI=1S/C28H39N5O4/c1-4-5-14-37-28(24-9-7-6-8-19(24)2)17-33(18-28)26(35)22(23(25(29)34)16-32-27(30)31)15-20-10-12-21(36-3)13-11-20/h6-13,22-23H,4-5,14-18H2,1-3H3,(H2,29,34)(H4,30,31,32)/t22-,23?/m1/s1. The van der Waals surface area contributed by atoms with Gasteiger partial charge in [-0.15, -0.1) is 0 Å². The van der Waals surface area contributed by atoms with Gasteiger partial charge < -0.3 is 31.6 Å². The Morgan fingerprint density at radius 3 is 2.30 bits per heavy atom. The first-order valence-electron chi connectivity index (χ1n) is 12.7. The van der Waals surface area contributed by atoms with Crippen molar-refractivity contribution in [2.75, 3.05) is 33.4 Å². The van der Waals surface area contributed by atoms with Crippen LogP contribution in [0.15, 0.2) is 53.5 Å². The Morgan fingerprint density at radius 1 is 1.05 bits per heavy atom. The van der Waals surface area contributed by atoms with E-state index in [1.807, 2.05) is 36.4 Å². The number of primary amides is 1. The molecule has 37 heavy (non-hydrogen) atoms. The summed E-state index contributed by atoms with van der Waals surface area (Å²) in [7, 11) is 1.59. The second kappa shape index (κ2) is 12.6. The van der Waals surface area contributed by atoms with Crippen LogP contribution >= 0.6 is 0 Å². The van der Waals surface area contributed by atoms with Crippen molar-refractivity contribution < 1.29 is 19.1 Å². The van der Waals surface area contributed by atoms with Crippen molar-refractivity contribution in [3.8, 4) is 5.75 Å². The third kappa shape index (κ3) is 6.80. The number of nitrogens with two attached hydrogens (primary N) is 3. The largest absolute Gasteiger partial charge is 0.497 e. The van der Waals surface area contributed by atoms with E-state index in [-0.39, 0.29) is 18.4 Å². The van der Waals surface area contributed by atoms with Crippen LogP contribution in [0, 0.1) is 18.8 Å². The molecular formula is C28H39N5O4. The number of ether oxygens (including phenoxy) is 2. The van der Waals surface area contributed by atoms with Crippen molar-refractivity contribution in [3.05, 3.63) is 65.2 Å². The molecule has 1 fully saturated rings. The van der Waals surface area contributed by atoms with Crippen LogP contribution in [-0.2, 0) is 26.3 Å². The highest BCUT2D eigenvalue weighted by molar-refractivity contribution is 5.88. The molecule has 3 rings (SSSR count). The zero-order valence-corrected chi connectivity index (χ0v) is 22.0. The van der Waals surface area contributed by atoms with Crippen LogP contribution in [0.3, 0.4) is 0 Å². The number of methoxy groups -OCH3 is 1. The fourth-order valence-electron chi connectivity index (χ4n) is 4.83. The molecule has 6 N–H and O–H groups in total. The quantitative estimate of drug-likeness (QED) is 0.214. The van der Waals surface area contributed by atoms with E-state index in [2.05, 4.69) is 31.0 Å². The van der Waals surface area contributed by atoms with E-state index in [1.54, 1.807) is 12.0 Å². The number of guanidine groups is 1. The van der Waals surface area contributed by atoms with Gasteiger partial charge in [0.2, 0.25) is 11.8 Å². The lowest BCUT2D eigenvalue weighted by atomic mass is 9.79. The second-order valence-electron chi connectivity index (χ2n) is 9.64. The lowest BCUT2D eigenvalue weighted by Gasteiger charge is -2.51. The van der Waals surface area contributed by atoms with Crippen molar-refractivity contribution in [1.29, 1.82) is 0 Å². The third-order valence-electron chi connectivity index (χ3n) is 6.97. The summed E-state index contributed by atoms with van der Waals surface area (Å²) in [5, 5.41) is 0. The summed E-state index contributed by atoms with van der Waals surface area (Å²) in [6.45, 7) is 5.51. The third-order valence-corrected chi connectivity index (χ3v) is 6.97. The molecule has 0 spiro atoms. The number of hydrogen-bond acceptors (Lipinski definition) is 5. The minimum atomic E-state index is -0.869.